The van der Waals surface area contributed by atoms with E-state index in [9.17, 15) is 4.79 Å². The van der Waals surface area contributed by atoms with Crippen LogP contribution in [0.5, 0.6) is 0 Å². The molecule has 0 aromatic heterocycles. The zero-order valence-electron chi connectivity index (χ0n) is 10.8. The molecule has 98 valence electrons. The second kappa shape index (κ2) is 5.85. The molecule has 1 atom stereocenters. The Morgan fingerprint density at radius 2 is 2.33 bits per heavy atom. The lowest BCUT2D eigenvalue weighted by molar-refractivity contribution is -0.00284. The summed E-state index contributed by atoms with van der Waals surface area (Å²) in [4.78, 5) is 14.5. The SMILES string of the molecule is CCC1COCCN1C(=O)c1cc(Br)ccc1C. The number of hydrogen-bond donors (Lipinski definition) is 0. The second-order valence-corrected chi connectivity index (χ2v) is 5.51. The van der Waals surface area contributed by atoms with Gasteiger partial charge in [0.15, 0.2) is 0 Å². The number of nitrogens with zero attached hydrogens (tertiary/aromatic N) is 1. The highest BCUT2D eigenvalue weighted by atomic mass is 79.9. The summed E-state index contributed by atoms with van der Waals surface area (Å²) in [5, 5.41) is 0. The van der Waals surface area contributed by atoms with Crippen LogP contribution in [0.2, 0.25) is 0 Å². The van der Waals surface area contributed by atoms with Crippen LogP contribution in [0, 0.1) is 6.92 Å². The number of ether oxygens (including phenoxy) is 1. The number of halogens is 1. The molecule has 2 rings (SSSR count). The number of benzene rings is 1. The number of carbonyl (C=O) groups is 1. The van der Waals surface area contributed by atoms with Gasteiger partial charge in [0.25, 0.3) is 5.91 Å². The minimum atomic E-state index is 0.115. The molecule has 0 spiro atoms. The summed E-state index contributed by atoms with van der Waals surface area (Å²) in [5.74, 6) is 0.115. The minimum absolute atomic E-state index is 0.115. The van der Waals surface area contributed by atoms with E-state index in [0.717, 1.165) is 22.0 Å². The van der Waals surface area contributed by atoms with Crippen LogP contribution < -0.4 is 0 Å². The Bertz CT molecular complexity index is 447. The molecular formula is C14H18BrNO2. The Hall–Kier alpha value is -0.870. The second-order valence-electron chi connectivity index (χ2n) is 4.59. The maximum absolute atomic E-state index is 12.6. The highest BCUT2D eigenvalue weighted by Gasteiger charge is 2.27. The van der Waals surface area contributed by atoms with Gasteiger partial charge in [0.2, 0.25) is 0 Å². The summed E-state index contributed by atoms with van der Waals surface area (Å²) in [5.41, 5.74) is 1.80. The topological polar surface area (TPSA) is 29.5 Å². The molecular weight excluding hydrogens is 294 g/mol. The molecule has 0 saturated carbocycles. The van der Waals surface area contributed by atoms with Crippen molar-refractivity contribution in [2.24, 2.45) is 0 Å². The van der Waals surface area contributed by atoms with Crippen LogP contribution in [0.25, 0.3) is 0 Å². The van der Waals surface area contributed by atoms with Gasteiger partial charge in [-0.15, -0.1) is 0 Å². The third-order valence-electron chi connectivity index (χ3n) is 3.39. The molecule has 1 aromatic rings. The number of morpholine rings is 1. The molecule has 4 heteroatoms. The van der Waals surface area contributed by atoms with Crippen molar-refractivity contribution in [2.75, 3.05) is 19.8 Å². The van der Waals surface area contributed by atoms with Gasteiger partial charge in [-0.25, -0.2) is 0 Å². The van der Waals surface area contributed by atoms with Crippen LogP contribution in [0.1, 0.15) is 29.3 Å². The minimum Gasteiger partial charge on any atom is -0.377 e. The highest BCUT2D eigenvalue weighted by molar-refractivity contribution is 9.10. The average molecular weight is 312 g/mol. The van der Waals surface area contributed by atoms with E-state index in [2.05, 4.69) is 22.9 Å². The van der Waals surface area contributed by atoms with Crippen LogP contribution in [-0.4, -0.2) is 36.6 Å². The Labute approximate surface area is 116 Å². The normalized spacial score (nSPS) is 19.9. The Morgan fingerprint density at radius 3 is 3.06 bits per heavy atom. The van der Waals surface area contributed by atoms with Crippen LogP contribution >= 0.6 is 15.9 Å². The molecule has 0 aliphatic carbocycles. The maximum Gasteiger partial charge on any atom is 0.254 e. The first kappa shape index (κ1) is 13.6. The Balaban J connectivity index is 2.26. The van der Waals surface area contributed by atoms with Crippen LogP contribution in [-0.2, 0) is 4.74 Å². The van der Waals surface area contributed by atoms with Gasteiger partial charge in [0.05, 0.1) is 19.3 Å². The highest BCUT2D eigenvalue weighted by Crippen LogP contribution is 2.20. The first-order chi connectivity index (χ1) is 8.63. The molecule has 1 aliphatic rings. The van der Waals surface area contributed by atoms with E-state index in [1.54, 1.807) is 0 Å². The van der Waals surface area contributed by atoms with E-state index < -0.39 is 0 Å². The van der Waals surface area contributed by atoms with Gasteiger partial charge in [-0.3, -0.25) is 4.79 Å². The van der Waals surface area contributed by atoms with Gasteiger partial charge in [0, 0.05) is 16.6 Å². The molecule has 1 aliphatic heterocycles. The Kier molecular flexibility index (Phi) is 4.40. The molecule has 1 unspecified atom stereocenters. The van der Waals surface area contributed by atoms with E-state index in [1.807, 2.05) is 30.0 Å². The van der Waals surface area contributed by atoms with Gasteiger partial charge in [-0.1, -0.05) is 28.9 Å². The van der Waals surface area contributed by atoms with E-state index in [-0.39, 0.29) is 11.9 Å². The lowest BCUT2D eigenvalue weighted by Gasteiger charge is -2.35. The number of carbonyl (C=O) groups excluding carboxylic acids is 1. The number of hydrogen-bond acceptors (Lipinski definition) is 2. The van der Waals surface area contributed by atoms with Crippen molar-refractivity contribution < 1.29 is 9.53 Å². The lowest BCUT2D eigenvalue weighted by Crippen LogP contribution is -2.48. The van der Waals surface area contributed by atoms with Crippen molar-refractivity contribution in [2.45, 2.75) is 26.3 Å². The summed E-state index contributed by atoms with van der Waals surface area (Å²) in [6.07, 6.45) is 0.929. The summed E-state index contributed by atoms with van der Waals surface area (Å²) in [6.45, 7) is 6.03. The molecule has 0 N–H and O–H groups in total. The summed E-state index contributed by atoms with van der Waals surface area (Å²) in [6, 6.07) is 6.03. The van der Waals surface area contributed by atoms with Crippen LogP contribution in [0.4, 0.5) is 0 Å². The third-order valence-corrected chi connectivity index (χ3v) is 3.88. The van der Waals surface area contributed by atoms with Gasteiger partial charge in [-0.2, -0.15) is 0 Å². The van der Waals surface area contributed by atoms with Gasteiger partial charge < -0.3 is 9.64 Å². The fourth-order valence-electron chi connectivity index (χ4n) is 2.24. The fraction of sp³-hybridized carbons (Fsp3) is 0.500. The predicted molar refractivity (Wildman–Crippen MR) is 74.8 cm³/mol. The monoisotopic (exact) mass is 311 g/mol. The maximum atomic E-state index is 12.6. The number of aryl methyl sites for hydroxylation is 1. The first-order valence-electron chi connectivity index (χ1n) is 6.28. The zero-order valence-corrected chi connectivity index (χ0v) is 12.4. The fourth-order valence-corrected chi connectivity index (χ4v) is 2.60. The lowest BCUT2D eigenvalue weighted by atomic mass is 10.1. The van der Waals surface area contributed by atoms with Gasteiger partial charge in [-0.05, 0) is 31.0 Å². The van der Waals surface area contributed by atoms with E-state index in [1.165, 1.54) is 0 Å². The molecule has 1 saturated heterocycles. The summed E-state index contributed by atoms with van der Waals surface area (Å²) in [7, 11) is 0. The molecule has 1 fully saturated rings. The van der Waals surface area contributed by atoms with Crippen molar-refractivity contribution >= 4 is 21.8 Å². The zero-order chi connectivity index (χ0) is 13.1. The third kappa shape index (κ3) is 2.75. The van der Waals surface area contributed by atoms with Crippen molar-refractivity contribution in [3.63, 3.8) is 0 Å². The summed E-state index contributed by atoms with van der Waals surface area (Å²) < 4.78 is 6.38. The standard InChI is InChI=1S/C14H18BrNO2/c1-3-12-9-18-7-6-16(12)14(17)13-8-11(15)5-4-10(13)2/h4-5,8,12H,3,6-7,9H2,1-2H3. The Morgan fingerprint density at radius 1 is 1.56 bits per heavy atom. The molecule has 3 nitrogen and oxygen atoms in total. The molecule has 18 heavy (non-hydrogen) atoms. The van der Waals surface area contributed by atoms with E-state index in [0.29, 0.717) is 19.8 Å². The first-order valence-corrected chi connectivity index (χ1v) is 7.07. The van der Waals surface area contributed by atoms with E-state index >= 15 is 0 Å². The van der Waals surface area contributed by atoms with Crippen molar-refractivity contribution in [1.82, 2.24) is 4.90 Å². The smallest absolute Gasteiger partial charge is 0.254 e. The van der Waals surface area contributed by atoms with Gasteiger partial charge in [0.1, 0.15) is 0 Å². The van der Waals surface area contributed by atoms with Crippen molar-refractivity contribution in [3.8, 4) is 0 Å². The summed E-state index contributed by atoms with van der Waals surface area (Å²) >= 11 is 3.43. The number of amides is 1. The van der Waals surface area contributed by atoms with Crippen molar-refractivity contribution in [1.29, 1.82) is 0 Å². The van der Waals surface area contributed by atoms with E-state index in [4.69, 9.17) is 4.74 Å². The predicted octanol–water partition coefficient (Wildman–Crippen LogP) is 3.01. The largest absolute Gasteiger partial charge is 0.377 e. The molecule has 1 aromatic carbocycles. The van der Waals surface area contributed by atoms with Gasteiger partial charge >= 0.3 is 0 Å². The molecule has 1 heterocycles. The number of rotatable bonds is 2. The molecule has 1 amide bonds. The average Bonchev–Trinajstić information content (AvgIpc) is 2.40. The molecule has 0 radical (unpaired) electrons. The molecule has 0 bridgehead atoms. The van der Waals surface area contributed by atoms with Crippen LogP contribution in [0.3, 0.4) is 0 Å². The van der Waals surface area contributed by atoms with Crippen LogP contribution in [0.15, 0.2) is 22.7 Å². The quantitative estimate of drug-likeness (QED) is 0.840. The van der Waals surface area contributed by atoms with Crippen molar-refractivity contribution in [3.05, 3.63) is 33.8 Å².